The molecule has 0 atom stereocenters. The van der Waals surface area contributed by atoms with Gasteiger partial charge in [0.05, 0.1) is 0 Å². The zero-order chi connectivity index (χ0) is 16.3. The average molecular weight is 314 g/mol. The normalized spacial score (nSPS) is 13.5. The minimum absolute atomic E-state index is 0.383. The lowest BCUT2D eigenvalue weighted by Gasteiger charge is -2.06. The van der Waals surface area contributed by atoms with Crippen molar-refractivity contribution >= 4 is 27.8 Å². The number of pyridine rings is 1. The van der Waals surface area contributed by atoms with Gasteiger partial charge < -0.3 is 9.72 Å². The summed E-state index contributed by atoms with van der Waals surface area (Å²) in [5.41, 5.74) is 5.54. The highest BCUT2D eigenvalue weighted by Crippen LogP contribution is 2.35. The monoisotopic (exact) mass is 314 g/mol. The van der Waals surface area contributed by atoms with Crippen LogP contribution in [0.5, 0.6) is 5.75 Å². The van der Waals surface area contributed by atoms with Gasteiger partial charge in [0.25, 0.3) is 0 Å². The van der Waals surface area contributed by atoms with E-state index in [0.29, 0.717) is 17.9 Å². The number of aromatic amines is 1. The summed E-state index contributed by atoms with van der Waals surface area (Å²) in [6, 6.07) is 14.1. The molecule has 24 heavy (non-hydrogen) atoms. The minimum atomic E-state index is -0.383. The van der Waals surface area contributed by atoms with E-state index in [2.05, 4.69) is 28.2 Å². The fraction of sp³-hybridized carbons (Fsp3) is 0.100. The van der Waals surface area contributed by atoms with Crippen molar-refractivity contribution in [3.05, 3.63) is 71.0 Å². The number of nitrogens with zero attached hydrogens (tertiary/aromatic N) is 1. The smallest absolute Gasteiger partial charge is 0.362 e. The molecule has 0 radical (unpaired) electrons. The maximum Gasteiger partial charge on any atom is 0.362 e. The van der Waals surface area contributed by atoms with Crippen molar-refractivity contribution in [2.45, 2.75) is 13.3 Å². The van der Waals surface area contributed by atoms with Gasteiger partial charge in [0, 0.05) is 40.0 Å². The Hall–Kier alpha value is -3.14. The third-order valence-corrected chi connectivity index (χ3v) is 4.74. The van der Waals surface area contributed by atoms with Crippen molar-refractivity contribution in [2.75, 3.05) is 0 Å². The number of rotatable bonds is 0. The van der Waals surface area contributed by atoms with E-state index >= 15 is 0 Å². The zero-order valence-corrected chi connectivity index (χ0v) is 13.1. The summed E-state index contributed by atoms with van der Waals surface area (Å²) < 4.78 is 5.65. The Bertz CT molecular complexity index is 1140. The first-order valence-corrected chi connectivity index (χ1v) is 7.91. The number of aromatic nitrogens is 2. The van der Waals surface area contributed by atoms with Crippen molar-refractivity contribution in [3.8, 4) is 5.75 Å². The van der Waals surface area contributed by atoms with Gasteiger partial charge in [-0.2, -0.15) is 0 Å². The zero-order valence-electron chi connectivity index (χ0n) is 13.1. The molecule has 2 aromatic carbocycles. The van der Waals surface area contributed by atoms with Crippen LogP contribution in [0, 0.1) is 6.92 Å². The lowest BCUT2D eigenvalue weighted by atomic mass is 9.98. The van der Waals surface area contributed by atoms with Crippen LogP contribution in [-0.2, 0) is 6.42 Å². The molecule has 0 saturated carbocycles. The van der Waals surface area contributed by atoms with Crippen LogP contribution in [0.1, 0.15) is 27.2 Å². The van der Waals surface area contributed by atoms with Crippen LogP contribution in [0.3, 0.4) is 0 Å². The molecule has 116 valence electrons. The van der Waals surface area contributed by atoms with Crippen LogP contribution in [0.25, 0.3) is 21.8 Å². The van der Waals surface area contributed by atoms with Crippen molar-refractivity contribution in [1.29, 1.82) is 0 Å². The van der Waals surface area contributed by atoms with Crippen molar-refractivity contribution in [2.24, 2.45) is 0 Å². The van der Waals surface area contributed by atoms with E-state index in [1.807, 2.05) is 31.2 Å². The van der Waals surface area contributed by atoms with Crippen LogP contribution in [-0.4, -0.2) is 15.9 Å². The number of ether oxygens (including phenoxy) is 1. The number of carbonyl (C=O) groups is 1. The Kier molecular flexibility index (Phi) is 2.59. The number of hydrogen-bond donors (Lipinski definition) is 1. The molecule has 1 aliphatic heterocycles. The van der Waals surface area contributed by atoms with Gasteiger partial charge in [0.15, 0.2) is 5.69 Å². The van der Waals surface area contributed by atoms with Gasteiger partial charge >= 0.3 is 5.97 Å². The van der Waals surface area contributed by atoms with Crippen molar-refractivity contribution in [1.82, 2.24) is 9.97 Å². The summed E-state index contributed by atoms with van der Waals surface area (Å²) in [6.45, 7) is 2.00. The number of hydrogen-bond acceptors (Lipinski definition) is 3. The van der Waals surface area contributed by atoms with Crippen LogP contribution >= 0.6 is 0 Å². The summed E-state index contributed by atoms with van der Waals surface area (Å²) in [5, 5.41) is 2.19. The van der Waals surface area contributed by atoms with E-state index in [1.165, 1.54) is 0 Å². The number of fused-ring (bicyclic) bond motifs is 5. The molecule has 0 unspecified atom stereocenters. The second-order valence-electron chi connectivity index (χ2n) is 6.20. The number of para-hydroxylation sites is 1. The summed E-state index contributed by atoms with van der Waals surface area (Å²) in [5.74, 6) is 0.237. The lowest BCUT2D eigenvalue weighted by Crippen LogP contribution is -2.11. The van der Waals surface area contributed by atoms with E-state index in [-0.39, 0.29) is 5.97 Å². The number of H-pyrrole nitrogens is 1. The first-order valence-electron chi connectivity index (χ1n) is 7.91. The number of carbonyl (C=O) groups excluding carboxylic acids is 1. The highest BCUT2D eigenvalue weighted by Gasteiger charge is 2.24. The molecule has 3 heterocycles. The average Bonchev–Trinajstić information content (AvgIpc) is 2.86. The Morgan fingerprint density at radius 1 is 1.08 bits per heavy atom. The van der Waals surface area contributed by atoms with Crippen LogP contribution in [0.15, 0.2) is 48.7 Å². The highest BCUT2D eigenvalue weighted by molar-refractivity contribution is 6.08. The van der Waals surface area contributed by atoms with E-state index in [9.17, 15) is 4.79 Å². The molecule has 4 nitrogen and oxygen atoms in total. The predicted octanol–water partition coefficient (Wildman–Crippen LogP) is 4.15. The van der Waals surface area contributed by atoms with Crippen LogP contribution < -0.4 is 4.74 Å². The fourth-order valence-electron chi connectivity index (χ4n) is 3.48. The van der Waals surface area contributed by atoms with Crippen LogP contribution in [0.4, 0.5) is 0 Å². The standard InChI is InChI=1S/C20H14N2O2/c1-11-6-7-21-19-14(11)8-12-9-17-15(10-18(12)24-20(19)23)13-4-2-3-5-16(13)22-17/h2-7,9-10,22H,8H2,1H3. The Morgan fingerprint density at radius 3 is 2.88 bits per heavy atom. The number of aryl methyl sites for hydroxylation is 1. The maximum atomic E-state index is 12.5. The predicted molar refractivity (Wildman–Crippen MR) is 92.5 cm³/mol. The minimum Gasteiger partial charge on any atom is -0.421 e. The summed E-state index contributed by atoms with van der Waals surface area (Å²) in [4.78, 5) is 20.1. The largest absolute Gasteiger partial charge is 0.421 e. The van der Waals surface area contributed by atoms with E-state index in [0.717, 1.165) is 38.5 Å². The van der Waals surface area contributed by atoms with Gasteiger partial charge in [-0.05, 0) is 42.3 Å². The van der Waals surface area contributed by atoms with E-state index < -0.39 is 0 Å². The quantitative estimate of drug-likeness (QED) is 0.392. The first kappa shape index (κ1) is 13.3. The molecule has 0 fully saturated rings. The van der Waals surface area contributed by atoms with Gasteiger partial charge in [0.1, 0.15) is 5.75 Å². The molecule has 5 rings (SSSR count). The van der Waals surface area contributed by atoms with Gasteiger partial charge in [-0.25, -0.2) is 9.78 Å². The molecule has 2 aromatic heterocycles. The molecular formula is C20H14N2O2. The molecule has 0 aliphatic carbocycles. The van der Waals surface area contributed by atoms with E-state index in [1.54, 1.807) is 6.20 Å². The van der Waals surface area contributed by atoms with Crippen molar-refractivity contribution < 1.29 is 9.53 Å². The van der Waals surface area contributed by atoms with Gasteiger partial charge in [-0.3, -0.25) is 0 Å². The Labute approximate surface area is 138 Å². The topological polar surface area (TPSA) is 55.0 Å². The van der Waals surface area contributed by atoms with Gasteiger partial charge in [0.2, 0.25) is 0 Å². The molecule has 4 heteroatoms. The maximum absolute atomic E-state index is 12.5. The molecular weight excluding hydrogens is 300 g/mol. The van der Waals surface area contributed by atoms with Gasteiger partial charge in [-0.1, -0.05) is 18.2 Å². The SMILES string of the molecule is Cc1ccnc2c1Cc1cc3[nH]c4ccccc4c3cc1OC2=O. The highest BCUT2D eigenvalue weighted by atomic mass is 16.5. The Balaban J connectivity index is 1.79. The summed E-state index contributed by atoms with van der Waals surface area (Å²) >= 11 is 0. The molecule has 0 bridgehead atoms. The molecule has 0 amide bonds. The lowest BCUT2D eigenvalue weighted by molar-refractivity contribution is 0.0730. The molecule has 0 saturated heterocycles. The first-order chi connectivity index (χ1) is 11.7. The van der Waals surface area contributed by atoms with Crippen LogP contribution in [0.2, 0.25) is 0 Å². The van der Waals surface area contributed by atoms with E-state index in [4.69, 9.17) is 4.74 Å². The third kappa shape index (κ3) is 1.80. The number of benzene rings is 2. The molecule has 4 aromatic rings. The molecule has 1 aliphatic rings. The number of esters is 1. The fourth-order valence-corrected chi connectivity index (χ4v) is 3.48. The Morgan fingerprint density at radius 2 is 1.96 bits per heavy atom. The van der Waals surface area contributed by atoms with Crippen molar-refractivity contribution in [3.63, 3.8) is 0 Å². The molecule has 1 N–H and O–H groups in total. The second kappa shape index (κ2) is 4.68. The second-order valence-corrected chi connectivity index (χ2v) is 6.20. The van der Waals surface area contributed by atoms with Gasteiger partial charge in [-0.15, -0.1) is 0 Å². The summed E-state index contributed by atoms with van der Waals surface area (Å²) in [7, 11) is 0. The number of nitrogens with one attached hydrogen (secondary N) is 1. The summed E-state index contributed by atoms with van der Waals surface area (Å²) in [6.07, 6.45) is 2.30. The molecule has 0 spiro atoms. The third-order valence-electron chi connectivity index (χ3n) is 4.74.